The Kier molecular flexibility index (Phi) is 6.13. The largest absolute Gasteiger partial charge is 0.497 e. The molecule has 0 heterocycles. The molecule has 1 aromatic carbocycles. The summed E-state index contributed by atoms with van der Waals surface area (Å²) in [6.07, 6.45) is 8.29. The normalized spacial score (nSPS) is 14.2. The van der Waals surface area contributed by atoms with Gasteiger partial charge in [-0.1, -0.05) is 11.6 Å². The van der Waals surface area contributed by atoms with Gasteiger partial charge >= 0.3 is 0 Å². The second-order valence-corrected chi connectivity index (χ2v) is 5.29. The van der Waals surface area contributed by atoms with Crippen molar-refractivity contribution in [1.82, 2.24) is 5.32 Å². The third kappa shape index (κ3) is 5.50. The minimum absolute atomic E-state index is 0.0298. The van der Waals surface area contributed by atoms with Crippen molar-refractivity contribution in [3.63, 3.8) is 0 Å². The lowest BCUT2D eigenvalue weighted by molar-refractivity contribution is -0.119. The van der Waals surface area contributed by atoms with E-state index in [2.05, 4.69) is 16.7 Å². The number of amides is 1. The number of ether oxygens (including phenoxy) is 1. The van der Waals surface area contributed by atoms with Crippen LogP contribution in [-0.4, -0.2) is 26.1 Å². The Balaban J connectivity index is 1.63. The van der Waals surface area contributed by atoms with Gasteiger partial charge in [-0.25, -0.2) is 0 Å². The van der Waals surface area contributed by atoms with Gasteiger partial charge in [-0.2, -0.15) is 0 Å². The monoisotopic (exact) mass is 288 g/mol. The predicted molar refractivity (Wildman–Crippen MR) is 85.7 cm³/mol. The summed E-state index contributed by atoms with van der Waals surface area (Å²) in [5, 5.41) is 6.06. The van der Waals surface area contributed by atoms with Gasteiger partial charge in [0.15, 0.2) is 0 Å². The highest BCUT2D eigenvalue weighted by molar-refractivity contribution is 5.80. The molecule has 0 unspecified atom stereocenters. The lowest BCUT2D eigenvalue weighted by Crippen LogP contribution is -2.30. The van der Waals surface area contributed by atoms with Gasteiger partial charge in [0.2, 0.25) is 5.91 Å². The third-order valence-electron chi connectivity index (χ3n) is 3.70. The minimum atomic E-state index is 0.0298. The molecule has 1 amide bonds. The highest BCUT2D eigenvalue weighted by Crippen LogP contribution is 2.19. The molecule has 1 aromatic rings. The van der Waals surface area contributed by atoms with Crippen molar-refractivity contribution >= 4 is 11.6 Å². The van der Waals surface area contributed by atoms with E-state index < -0.39 is 0 Å². The zero-order chi connectivity index (χ0) is 14.9. The van der Waals surface area contributed by atoms with Crippen LogP contribution in [-0.2, 0) is 4.79 Å². The van der Waals surface area contributed by atoms with Gasteiger partial charge in [-0.05, 0) is 56.4 Å². The second-order valence-electron chi connectivity index (χ2n) is 5.29. The van der Waals surface area contributed by atoms with Crippen LogP contribution in [0.5, 0.6) is 5.75 Å². The zero-order valence-electron chi connectivity index (χ0n) is 12.7. The third-order valence-corrected chi connectivity index (χ3v) is 3.70. The Bertz CT molecular complexity index is 480. The molecule has 0 aliphatic heterocycles. The number of methoxy groups -OCH3 is 1. The number of anilines is 1. The second kappa shape index (κ2) is 8.35. The van der Waals surface area contributed by atoms with Crippen LogP contribution < -0.4 is 15.4 Å². The van der Waals surface area contributed by atoms with E-state index in [1.54, 1.807) is 7.11 Å². The Hall–Kier alpha value is -1.97. The zero-order valence-corrected chi connectivity index (χ0v) is 12.7. The number of allylic oxidation sites excluding steroid dienone is 1. The first-order valence-corrected chi connectivity index (χ1v) is 7.60. The molecule has 4 nitrogen and oxygen atoms in total. The minimum Gasteiger partial charge on any atom is -0.497 e. The van der Waals surface area contributed by atoms with Crippen molar-refractivity contribution in [3.05, 3.63) is 35.9 Å². The van der Waals surface area contributed by atoms with Gasteiger partial charge in [-0.3, -0.25) is 4.79 Å². The first kappa shape index (κ1) is 15.4. The molecule has 0 atom stereocenters. The SMILES string of the molecule is COc1ccc(NCC(=O)NCCC2=CCCCC2)cc1. The molecule has 2 rings (SSSR count). The van der Waals surface area contributed by atoms with E-state index in [1.165, 1.54) is 31.3 Å². The maximum atomic E-state index is 11.8. The van der Waals surface area contributed by atoms with Gasteiger partial charge in [0, 0.05) is 12.2 Å². The lowest BCUT2D eigenvalue weighted by Gasteiger charge is -2.13. The van der Waals surface area contributed by atoms with Crippen molar-refractivity contribution in [2.45, 2.75) is 32.1 Å². The summed E-state index contributed by atoms with van der Waals surface area (Å²) in [6, 6.07) is 7.55. The van der Waals surface area contributed by atoms with Crippen molar-refractivity contribution in [2.24, 2.45) is 0 Å². The van der Waals surface area contributed by atoms with Gasteiger partial charge in [0.25, 0.3) is 0 Å². The molecular weight excluding hydrogens is 264 g/mol. The molecule has 0 fully saturated rings. The van der Waals surface area contributed by atoms with Gasteiger partial charge in [-0.15, -0.1) is 0 Å². The fraction of sp³-hybridized carbons (Fsp3) is 0.471. The first-order valence-electron chi connectivity index (χ1n) is 7.60. The lowest BCUT2D eigenvalue weighted by atomic mass is 9.97. The average molecular weight is 288 g/mol. The molecule has 21 heavy (non-hydrogen) atoms. The van der Waals surface area contributed by atoms with Crippen LogP contribution in [0.15, 0.2) is 35.9 Å². The van der Waals surface area contributed by atoms with Crippen LogP contribution >= 0.6 is 0 Å². The first-order chi connectivity index (χ1) is 10.3. The van der Waals surface area contributed by atoms with E-state index in [-0.39, 0.29) is 5.91 Å². The fourth-order valence-corrected chi connectivity index (χ4v) is 2.45. The average Bonchev–Trinajstić information content (AvgIpc) is 2.54. The number of rotatable bonds is 7. The Morgan fingerprint density at radius 2 is 2.05 bits per heavy atom. The van der Waals surface area contributed by atoms with Gasteiger partial charge < -0.3 is 15.4 Å². The molecule has 0 spiro atoms. The molecule has 0 saturated carbocycles. The van der Waals surface area contributed by atoms with E-state index in [0.29, 0.717) is 6.54 Å². The summed E-state index contributed by atoms with van der Waals surface area (Å²) in [6.45, 7) is 1.03. The maximum Gasteiger partial charge on any atom is 0.239 e. The summed E-state index contributed by atoms with van der Waals surface area (Å²) < 4.78 is 5.09. The molecule has 2 N–H and O–H groups in total. The van der Waals surface area contributed by atoms with Crippen LogP contribution in [0.4, 0.5) is 5.69 Å². The van der Waals surface area contributed by atoms with E-state index in [9.17, 15) is 4.79 Å². The maximum absolute atomic E-state index is 11.8. The number of nitrogens with one attached hydrogen (secondary N) is 2. The molecule has 4 heteroatoms. The van der Waals surface area contributed by atoms with Crippen LogP contribution in [0.3, 0.4) is 0 Å². The molecule has 114 valence electrons. The Morgan fingerprint density at radius 1 is 1.24 bits per heavy atom. The molecule has 0 radical (unpaired) electrons. The highest BCUT2D eigenvalue weighted by atomic mass is 16.5. The number of hydrogen-bond acceptors (Lipinski definition) is 3. The predicted octanol–water partition coefficient (Wildman–Crippen LogP) is 3.11. The van der Waals surface area contributed by atoms with Gasteiger partial charge in [0.1, 0.15) is 5.75 Å². The van der Waals surface area contributed by atoms with Crippen molar-refractivity contribution < 1.29 is 9.53 Å². The van der Waals surface area contributed by atoms with Crippen LogP contribution in [0.25, 0.3) is 0 Å². The van der Waals surface area contributed by atoms with Crippen LogP contribution in [0.2, 0.25) is 0 Å². The van der Waals surface area contributed by atoms with E-state index >= 15 is 0 Å². The van der Waals surface area contributed by atoms with Crippen molar-refractivity contribution in [1.29, 1.82) is 0 Å². The quantitative estimate of drug-likeness (QED) is 0.758. The number of hydrogen-bond donors (Lipinski definition) is 2. The Labute approximate surface area is 126 Å². The van der Waals surface area contributed by atoms with Crippen LogP contribution in [0.1, 0.15) is 32.1 Å². The molecule has 0 saturated heterocycles. The highest BCUT2D eigenvalue weighted by Gasteiger charge is 2.05. The van der Waals surface area contributed by atoms with Crippen molar-refractivity contribution in [3.8, 4) is 5.75 Å². The molecule has 0 bridgehead atoms. The molecule has 0 aromatic heterocycles. The summed E-state index contributed by atoms with van der Waals surface area (Å²) in [4.78, 5) is 11.8. The standard InChI is InChI=1S/C17H24N2O2/c1-21-16-9-7-15(8-10-16)19-13-17(20)18-12-11-14-5-3-2-4-6-14/h5,7-10,19H,2-4,6,11-13H2,1H3,(H,18,20). The number of carbonyl (C=O) groups is 1. The van der Waals surface area contributed by atoms with Gasteiger partial charge in [0.05, 0.1) is 13.7 Å². The van der Waals surface area contributed by atoms with E-state index in [0.717, 1.165) is 24.4 Å². The molecule has 1 aliphatic carbocycles. The smallest absolute Gasteiger partial charge is 0.239 e. The summed E-state index contributed by atoms with van der Waals surface area (Å²) in [5.41, 5.74) is 2.41. The summed E-state index contributed by atoms with van der Waals surface area (Å²) in [5.74, 6) is 0.841. The fourth-order valence-electron chi connectivity index (χ4n) is 2.45. The van der Waals surface area contributed by atoms with Crippen molar-refractivity contribution in [2.75, 3.05) is 25.5 Å². The van der Waals surface area contributed by atoms with Crippen LogP contribution in [0, 0.1) is 0 Å². The molecule has 1 aliphatic rings. The van der Waals surface area contributed by atoms with E-state index in [1.807, 2.05) is 24.3 Å². The summed E-state index contributed by atoms with van der Waals surface area (Å²) in [7, 11) is 1.64. The topological polar surface area (TPSA) is 50.4 Å². The Morgan fingerprint density at radius 3 is 2.71 bits per heavy atom. The van der Waals surface area contributed by atoms with E-state index in [4.69, 9.17) is 4.74 Å². The molecular formula is C17H24N2O2. The number of benzene rings is 1. The number of carbonyl (C=O) groups excluding carboxylic acids is 1. The summed E-state index contributed by atoms with van der Waals surface area (Å²) >= 11 is 0.